The molecule has 0 radical (unpaired) electrons. The lowest BCUT2D eigenvalue weighted by Gasteiger charge is -2.14. The molecule has 3 aromatic carbocycles. The summed E-state index contributed by atoms with van der Waals surface area (Å²) in [5.41, 5.74) is 2.51. The predicted molar refractivity (Wildman–Crippen MR) is 124 cm³/mol. The Balaban J connectivity index is 1.43. The Labute approximate surface area is 198 Å². The molecule has 34 heavy (non-hydrogen) atoms. The number of nitrogens with zero attached hydrogens (tertiary/aromatic N) is 1. The van der Waals surface area contributed by atoms with Crippen LogP contribution in [-0.2, 0) is 17.6 Å². The summed E-state index contributed by atoms with van der Waals surface area (Å²) in [6.45, 7) is 0.277. The standard InChI is InChI=1S/C26H20F3NO3S/c27-26(28,29)21-8-4-18(5-9-21)20-3-1-2-17(14-20)16-33-22-10-6-19(7-11-22)23(15-24(31)32)25-30-12-13-34-25/h1-14,23H,15-16H2,(H,31,32). The number of carboxylic acid groups (broad SMARTS) is 1. The summed E-state index contributed by atoms with van der Waals surface area (Å²) in [7, 11) is 0. The van der Waals surface area contributed by atoms with E-state index in [4.69, 9.17) is 4.74 Å². The normalized spacial score (nSPS) is 12.3. The minimum absolute atomic E-state index is 0.0511. The second-order valence-corrected chi connectivity index (χ2v) is 8.58. The number of aromatic nitrogens is 1. The number of alkyl halides is 3. The first kappa shape index (κ1) is 23.5. The number of benzene rings is 3. The molecule has 0 fully saturated rings. The number of ether oxygens (including phenoxy) is 1. The molecule has 0 saturated heterocycles. The van der Waals surface area contributed by atoms with Gasteiger partial charge in [0.15, 0.2) is 0 Å². The fourth-order valence-corrected chi connectivity index (χ4v) is 4.35. The zero-order chi connectivity index (χ0) is 24.1. The number of hydrogen-bond donors (Lipinski definition) is 1. The summed E-state index contributed by atoms with van der Waals surface area (Å²) >= 11 is 1.42. The van der Waals surface area contributed by atoms with Gasteiger partial charge in [-0.25, -0.2) is 4.98 Å². The van der Waals surface area contributed by atoms with Gasteiger partial charge < -0.3 is 9.84 Å². The number of carboxylic acids is 1. The number of carbonyl (C=O) groups is 1. The maximum absolute atomic E-state index is 12.8. The van der Waals surface area contributed by atoms with Gasteiger partial charge in [0.1, 0.15) is 17.4 Å². The van der Waals surface area contributed by atoms with Crippen LogP contribution in [0, 0.1) is 0 Å². The van der Waals surface area contributed by atoms with E-state index < -0.39 is 17.7 Å². The lowest BCUT2D eigenvalue weighted by molar-refractivity contribution is -0.138. The number of aliphatic carboxylic acids is 1. The third-order valence-corrected chi connectivity index (χ3v) is 6.18. The van der Waals surface area contributed by atoms with Crippen LogP contribution in [0.3, 0.4) is 0 Å². The molecule has 174 valence electrons. The third-order valence-electron chi connectivity index (χ3n) is 5.29. The van der Waals surface area contributed by atoms with Crippen molar-refractivity contribution in [2.24, 2.45) is 0 Å². The van der Waals surface area contributed by atoms with Crippen LogP contribution in [0.4, 0.5) is 13.2 Å². The molecule has 4 nitrogen and oxygen atoms in total. The fourth-order valence-electron chi connectivity index (χ4n) is 3.58. The van der Waals surface area contributed by atoms with Gasteiger partial charge in [0.2, 0.25) is 0 Å². The van der Waals surface area contributed by atoms with E-state index in [0.29, 0.717) is 11.3 Å². The van der Waals surface area contributed by atoms with Crippen LogP contribution in [0.2, 0.25) is 0 Å². The van der Waals surface area contributed by atoms with Gasteiger partial charge in [-0.15, -0.1) is 11.3 Å². The molecule has 1 atom stereocenters. The SMILES string of the molecule is O=C(O)CC(c1ccc(OCc2cccc(-c3ccc(C(F)(F)F)cc3)c2)cc1)c1nccs1. The summed E-state index contributed by atoms with van der Waals surface area (Å²) in [5.74, 6) is -0.600. The molecule has 0 aliphatic rings. The zero-order valence-corrected chi connectivity index (χ0v) is 18.6. The first-order valence-electron chi connectivity index (χ1n) is 10.4. The van der Waals surface area contributed by atoms with E-state index in [0.717, 1.165) is 33.8 Å². The van der Waals surface area contributed by atoms with E-state index in [1.165, 1.54) is 23.5 Å². The molecular formula is C26H20F3NO3S. The molecular weight excluding hydrogens is 463 g/mol. The Hall–Kier alpha value is -3.65. The highest BCUT2D eigenvalue weighted by Crippen LogP contribution is 2.32. The molecule has 8 heteroatoms. The highest BCUT2D eigenvalue weighted by atomic mass is 32.1. The largest absolute Gasteiger partial charge is 0.489 e. The second kappa shape index (κ2) is 10.1. The zero-order valence-electron chi connectivity index (χ0n) is 17.8. The molecule has 0 spiro atoms. The Kier molecular flexibility index (Phi) is 6.98. The van der Waals surface area contributed by atoms with Crippen LogP contribution in [-0.4, -0.2) is 16.1 Å². The van der Waals surface area contributed by atoms with Gasteiger partial charge in [-0.3, -0.25) is 4.79 Å². The Morgan fingerprint density at radius 3 is 2.35 bits per heavy atom. The van der Waals surface area contributed by atoms with E-state index in [1.807, 2.05) is 41.8 Å². The molecule has 0 aliphatic carbocycles. The molecule has 0 amide bonds. The lowest BCUT2D eigenvalue weighted by atomic mass is 9.96. The monoisotopic (exact) mass is 483 g/mol. The number of halogens is 3. The second-order valence-electron chi connectivity index (χ2n) is 7.65. The summed E-state index contributed by atoms with van der Waals surface area (Å²) in [5, 5.41) is 11.8. The molecule has 4 aromatic rings. The lowest BCUT2D eigenvalue weighted by Crippen LogP contribution is -2.07. The Morgan fingerprint density at radius 1 is 1.00 bits per heavy atom. The maximum Gasteiger partial charge on any atom is 0.416 e. The van der Waals surface area contributed by atoms with Gasteiger partial charge in [-0.2, -0.15) is 13.2 Å². The molecule has 0 bridgehead atoms. The van der Waals surface area contributed by atoms with Crippen LogP contribution in [0.5, 0.6) is 5.75 Å². The van der Waals surface area contributed by atoms with Gasteiger partial charge in [0.05, 0.1) is 12.0 Å². The van der Waals surface area contributed by atoms with Crippen LogP contribution in [0.25, 0.3) is 11.1 Å². The van der Waals surface area contributed by atoms with Gasteiger partial charge >= 0.3 is 12.1 Å². The molecule has 0 saturated carbocycles. The van der Waals surface area contributed by atoms with Crippen molar-refractivity contribution in [1.29, 1.82) is 0 Å². The predicted octanol–water partition coefficient (Wildman–Crippen LogP) is 7.01. The van der Waals surface area contributed by atoms with Crippen molar-refractivity contribution in [3.63, 3.8) is 0 Å². The number of thiazole rings is 1. The highest BCUT2D eigenvalue weighted by Gasteiger charge is 2.30. The minimum Gasteiger partial charge on any atom is -0.489 e. The first-order chi connectivity index (χ1) is 16.3. The van der Waals surface area contributed by atoms with Crippen molar-refractivity contribution in [2.75, 3.05) is 0 Å². The van der Waals surface area contributed by atoms with Gasteiger partial charge in [0.25, 0.3) is 0 Å². The number of hydrogen-bond acceptors (Lipinski definition) is 4. The van der Waals surface area contributed by atoms with E-state index >= 15 is 0 Å². The van der Waals surface area contributed by atoms with Crippen LogP contribution >= 0.6 is 11.3 Å². The molecule has 1 aromatic heterocycles. The summed E-state index contributed by atoms with van der Waals surface area (Å²) in [6, 6.07) is 19.7. The molecule has 4 rings (SSSR count). The third kappa shape index (κ3) is 5.82. The van der Waals surface area contributed by atoms with Crippen molar-refractivity contribution in [3.8, 4) is 16.9 Å². The van der Waals surface area contributed by atoms with Crippen molar-refractivity contribution in [3.05, 3.63) is 106 Å². The first-order valence-corrected chi connectivity index (χ1v) is 11.3. The molecule has 1 N–H and O–H groups in total. The molecule has 1 heterocycles. The average Bonchev–Trinajstić information content (AvgIpc) is 3.36. The van der Waals surface area contributed by atoms with Gasteiger partial charge in [0, 0.05) is 17.5 Å². The molecule has 1 unspecified atom stereocenters. The summed E-state index contributed by atoms with van der Waals surface area (Å²) in [4.78, 5) is 15.6. The van der Waals surface area contributed by atoms with Crippen molar-refractivity contribution < 1.29 is 27.8 Å². The van der Waals surface area contributed by atoms with Crippen molar-refractivity contribution >= 4 is 17.3 Å². The van der Waals surface area contributed by atoms with E-state index in [-0.39, 0.29) is 18.9 Å². The smallest absolute Gasteiger partial charge is 0.416 e. The van der Waals surface area contributed by atoms with Crippen molar-refractivity contribution in [1.82, 2.24) is 4.98 Å². The van der Waals surface area contributed by atoms with E-state index in [2.05, 4.69) is 4.98 Å². The fraction of sp³-hybridized carbons (Fsp3) is 0.154. The minimum atomic E-state index is -4.36. The van der Waals surface area contributed by atoms with Crippen LogP contribution in [0.1, 0.15) is 34.0 Å². The van der Waals surface area contributed by atoms with E-state index in [1.54, 1.807) is 18.3 Å². The number of rotatable bonds is 8. The van der Waals surface area contributed by atoms with Gasteiger partial charge in [-0.05, 0) is 52.6 Å². The Morgan fingerprint density at radius 2 is 1.74 bits per heavy atom. The summed E-state index contributed by atoms with van der Waals surface area (Å²) in [6.07, 6.45) is -2.76. The van der Waals surface area contributed by atoms with Crippen LogP contribution < -0.4 is 4.74 Å². The Bertz CT molecular complexity index is 1240. The quantitative estimate of drug-likeness (QED) is 0.293. The van der Waals surface area contributed by atoms with E-state index in [9.17, 15) is 23.1 Å². The molecule has 0 aliphatic heterocycles. The average molecular weight is 484 g/mol. The topological polar surface area (TPSA) is 59.4 Å². The van der Waals surface area contributed by atoms with Crippen molar-refractivity contribution in [2.45, 2.75) is 25.1 Å². The maximum atomic E-state index is 12.8. The summed E-state index contributed by atoms with van der Waals surface area (Å²) < 4.78 is 44.3. The van der Waals surface area contributed by atoms with Crippen LogP contribution in [0.15, 0.2) is 84.4 Å². The highest BCUT2D eigenvalue weighted by molar-refractivity contribution is 7.09. The van der Waals surface area contributed by atoms with Gasteiger partial charge in [-0.1, -0.05) is 42.5 Å².